The molecule has 0 fully saturated rings. The molecule has 0 spiro atoms. The van der Waals surface area contributed by atoms with Crippen LogP contribution in [0.2, 0.25) is 5.02 Å². The van der Waals surface area contributed by atoms with Gasteiger partial charge in [0.2, 0.25) is 0 Å². The first-order valence-corrected chi connectivity index (χ1v) is 12.9. The van der Waals surface area contributed by atoms with Gasteiger partial charge >= 0.3 is 0 Å². The molecule has 0 heterocycles. The van der Waals surface area contributed by atoms with Gasteiger partial charge in [-0.1, -0.05) is 133 Å². The summed E-state index contributed by atoms with van der Waals surface area (Å²) in [6, 6.07) is 49.7. The Labute approximate surface area is 221 Å². The van der Waals surface area contributed by atoms with Crippen LogP contribution in [0.1, 0.15) is 0 Å². The molecule has 0 saturated heterocycles. The fourth-order valence-electron chi connectivity index (χ4n) is 5.74. The molecule has 0 amide bonds. The molecule has 37 heavy (non-hydrogen) atoms. The summed E-state index contributed by atoms with van der Waals surface area (Å²) in [6.07, 6.45) is 0. The Kier molecular flexibility index (Phi) is 5.27. The van der Waals surface area contributed by atoms with Crippen LogP contribution in [0.25, 0.3) is 65.7 Å². The molecule has 7 rings (SSSR count). The highest BCUT2D eigenvalue weighted by Gasteiger charge is 2.21. The molecule has 0 radical (unpaired) electrons. The van der Waals surface area contributed by atoms with Crippen LogP contribution in [0.4, 0.5) is 0 Å². The molecule has 7 aromatic carbocycles. The number of rotatable bonds is 3. The quantitative estimate of drug-likeness (QED) is 0.216. The highest BCUT2D eigenvalue weighted by molar-refractivity contribution is 6.33. The second-order valence-electron chi connectivity index (χ2n) is 9.43. The van der Waals surface area contributed by atoms with Crippen molar-refractivity contribution >= 4 is 43.9 Å². The summed E-state index contributed by atoms with van der Waals surface area (Å²) in [4.78, 5) is 0. The minimum atomic E-state index is 0.737. The summed E-state index contributed by atoms with van der Waals surface area (Å²) in [5.41, 5.74) is 7.16. The summed E-state index contributed by atoms with van der Waals surface area (Å²) in [6.45, 7) is 0. The van der Waals surface area contributed by atoms with E-state index in [0.29, 0.717) is 0 Å². The summed E-state index contributed by atoms with van der Waals surface area (Å²) in [5, 5.41) is 8.37. The molecule has 0 aliphatic heterocycles. The van der Waals surface area contributed by atoms with E-state index in [0.717, 1.165) is 10.6 Å². The van der Waals surface area contributed by atoms with Crippen molar-refractivity contribution < 1.29 is 0 Å². The molecule has 174 valence electrons. The lowest BCUT2D eigenvalue weighted by Crippen LogP contribution is -1.94. The van der Waals surface area contributed by atoms with E-state index in [2.05, 4.69) is 127 Å². The van der Waals surface area contributed by atoms with Crippen molar-refractivity contribution in [3.63, 3.8) is 0 Å². The average molecular weight is 491 g/mol. The highest BCUT2D eigenvalue weighted by atomic mass is 35.5. The average Bonchev–Trinajstić information content (AvgIpc) is 2.97. The van der Waals surface area contributed by atoms with Crippen molar-refractivity contribution in [2.24, 2.45) is 0 Å². The molecule has 0 aromatic heterocycles. The van der Waals surface area contributed by atoms with Crippen LogP contribution in [0.15, 0.2) is 140 Å². The monoisotopic (exact) mass is 490 g/mol. The Morgan fingerprint density at radius 2 is 0.865 bits per heavy atom. The number of fused-ring (bicyclic) bond motifs is 6. The number of halogens is 1. The molecule has 7 aromatic rings. The van der Waals surface area contributed by atoms with E-state index < -0.39 is 0 Å². The zero-order valence-corrected chi connectivity index (χ0v) is 20.9. The first-order chi connectivity index (χ1) is 18.3. The van der Waals surface area contributed by atoms with Crippen LogP contribution in [0.3, 0.4) is 0 Å². The molecule has 0 aliphatic carbocycles. The predicted molar refractivity (Wildman–Crippen MR) is 160 cm³/mol. The summed E-state index contributed by atoms with van der Waals surface area (Å²) in [5.74, 6) is 0. The van der Waals surface area contributed by atoms with Crippen LogP contribution in [-0.2, 0) is 0 Å². The fraction of sp³-hybridized carbons (Fsp3) is 0. The van der Waals surface area contributed by atoms with Crippen LogP contribution in [0, 0.1) is 0 Å². The van der Waals surface area contributed by atoms with Gasteiger partial charge in [-0.2, -0.15) is 0 Å². The maximum absolute atomic E-state index is 6.54. The third kappa shape index (κ3) is 3.61. The van der Waals surface area contributed by atoms with Crippen LogP contribution in [0.5, 0.6) is 0 Å². The Balaban J connectivity index is 1.81. The topological polar surface area (TPSA) is 0 Å². The van der Waals surface area contributed by atoms with Gasteiger partial charge in [-0.25, -0.2) is 0 Å². The lowest BCUT2D eigenvalue weighted by atomic mass is 9.81. The van der Waals surface area contributed by atoms with E-state index in [-0.39, 0.29) is 0 Å². The van der Waals surface area contributed by atoms with Crippen LogP contribution in [-0.4, -0.2) is 0 Å². The van der Waals surface area contributed by atoms with E-state index in [1.54, 1.807) is 0 Å². The smallest absolute Gasteiger partial charge is 0.0412 e. The summed E-state index contributed by atoms with van der Waals surface area (Å²) >= 11 is 6.54. The minimum Gasteiger partial charge on any atom is -0.0843 e. The van der Waals surface area contributed by atoms with E-state index in [1.165, 1.54) is 60.1 Å². The SMILES string of the molecule is Clc1cccc(-c2cc(-c3ccccc3)c3c4ccccc4c4ccccc4c3c2-c2ccccc2)c1. The maximum atomic E-state index is 6.54. The molecule has 0 N–H and O–H groups in total. The molecule has 0 unspecified atom stereocenters. The first kappa shape index (κ1) is 21.9. The van der Waals surface area contributed by atoms with Crippen molar-refractivity contribution in [3.05, 3.63) is 145 Å². The normalized spacial score (nSPS) is 11.4. The van der Waals surface area contributed by atoms with E-state index >= 15 is 0 Å². The Bertz CT molecular complexity index is 1920. The molecule has 0 aliphatic rings. The van der Waals surface area contributed by atoms with Crippen molar-refractivity contribution in [1.82, 2.24) is 0 Å². The Hall–Kier alpha value is -4.39. The molecule has 0 saturated carbocycles. The molecular formula is C36H23Cl. The lowest BCUT2D eigenvalue weighted by Gasteiger charge is -2.22. The fourth-order valence-corrected chi connectivity index (χ4v) is 5.93. The maximum Gasteiger partial charge on any atom is 0.0412 e. The first-order valence-electron chi connectivity index (χ1n) is 12.6. The molecule has 0 nitrogen and oxygen atoms in total. The van der Waals surface area contributed by atoms with Gasteiger partial charge in [0.25, 0.3) is 0 Å². The van der Waals surface area contributed by atoms with E-state index in [4.69, 9.17) is 11.6 Å². The van der Waals surface area contributed by atoms with Crippen molar-refractivity contribution in [3.8, 4) is 33.4 Å². The number of benzene rings is 7. The standard InChI is InChI=1S/C36H23Cl/c37-27-17-11-16-26(22-27)33-23-32(24-12-3-1-4-13-24)35-30-20-9-7-18-28(30)29-19-8-10-21-31(29)36(35)34(33)25-14-5-2-6-15-25/h1-23H. The van der Waals surface area contributed by atoms with E-state index in [1.807, 2.05) is 12.1 Å². The number of hydrogen-bond donors (Lipinski definition) is 0. The molecule has 1 heteroatoms. The van der Waals surface area contributed by atoms with Gasteiger partial charge in [0, 0.05) is 5.02 Å². The minimum absolute atomic E-state index is 0.737. The molecule has 0 atom stereocenters. The second-order valence-corrected chi connectivity index (χ2v) is 9.87. The van der Waals surface area contributed by atoms with Crippen LogP contribution >= 0.6 is 11.6 Å². The van der Waals surface area contributed by atoms with Gasteiger partial charge < -0.3 is 0 Å². The van der Waals surface area contributed by atoms with Crippen molar-refractivity contribution in [2.75, 3.05) is 0 Å². The van der Waals surface area contributed by atoms with Gasteiger partial charge in [-0.15, -0.1) is 0 Å². The Morgan fingerprint density at radius 3 is 1.49 bits per heavy atom. The number of hydrogen-bond acceptors (Lipinski definition) is 0. The zero-order valence-electron chi connectivity index (χ0n) is 20.2. The third-order valence-corrected chi connectivity index (χ3v) is 7.53. The third-order valence-electron chi connectivity index (χ3n) is 7.29. The summed E-state index contributed by atoms with van der Waals surface area (Å²) in [7, 11) is 0. The van der Waals surface area contributed by atoms with E-state index in [9.17, 15) is 0 Å². The molecule has 0 bridgehead atoms. The van der Waals surface area contributed by atoms with Crippen molar-refractivity contribution in [1.29, 1.82) is 0 Å². The van der Waals surface area contributed by atoms with Gasteiger partial charge in [-0.3, -0.25) is 0 Å². The van der Waals surface area contributed by atoms with Crippen molar-refractivity contribution in [2.45, 2.75) is 0 Å². The second kappa shape index (κ2) is 8.92. The summed E-state index contributed by atoms with van der Waals surface area (Å²) < 4.78 is 0. The van der Waals surface area contributed by atoms with Gasteiger partial charge in [-0.05, 0) is 83.9 Å². The Morgan fingerprint density at radius 1 is 0.351 bits per heavy atom. The van der Waals surface area contributed by atoms with Gasteiger partial charge in [0.05, 0.1) is 0 Å². The highest BCUT2D eigenvalue weighted by Crippen LogP contribution is 2.48. The zero-order chi connectivity index (χ0) is 24.8. The molecular weight excluding hydrogens is 468 g/mol. The largest absolute Gasteiger partial charge is 0.0843 e. The van der Waals surface area contributed by atoms with Gasteiger partial charge in [0.1, 0.15) is 0 Å². The van der Waals surface area contributed by atoms with Gasteiger partial charge in [0.15, 0.2) is 0 Å². The predicted octanol–water partition coefficient (Wildman–Crippen LogP) is 10.8. The van der Waals surface area contributed by atoms with Crippen LogP contribution < -0.4 is 0 Å². The lowest BCUT2D eigenvalue weighted by molar-refractivity contribution is 1.60.